The fourth-order valence-electron chi connectivity index (χ4n) is 8.85. The van der Waals surface area contributed by atoms with Gasteiger partial charge in [-0.15, -0.1) is 0 Å². The third-order valence-corrected chi connectivity index (χ3v) is 11.7. The molecule has 47 heavy (non-hydrogen) atoms. The van der Waals surface area contributed by atoms with Crippen LogP contribution in [0.2, 0.25) is 0 Å². The first kappa shape index (κ1) is 31.9. The number of fused-ring (bicyclic) bond motifs is 4. The van der Waals surface area contributed by atoms with Gasteiger partial charge in [0.1, 0.15) is 23.9 Å². The minimum Gasteiger partial charge on any atom is -0.455 e. The Balaban J connectivity index is 0.811. The summed E-state index contributed by atoms with van der Waals surface area (Å²) in [6.45, 7) is 13.7. The summed E-state index contributed by atoms with van der Waals surface area (Å²) in [6.07, 6.45) is 9.76. The minimum atomic E-state index is -0.540. The zero-order valence-corrected chi connectivity index (χ0v) is 27.3. The minimum absolute atomic E-state index is 0.0525. The lowest BCUT2D eigenvalue weighted by Gasteiger charge is -2.24. The molecule has 1 unspecified atom stereocenters. The molecule has 4 aliphatic heterocycles. The first-order valence-electron chi connectivity index (χ1n) is 17.0. The zero-order chi connectivity index (χ0) is 33.1. The number of ether oxygens (including phenoxy) is 4. The van der Waals surface area contributed by atoms with Crippen molar-refractivity contribution in [2.45, 2.75) is 100 Å². The van der Waals surface area contributed by atoms with E-state index in [1.54, 1.807) is 0 Å². The molecule has 12 heteroatoms. The van der Waals surface area contributed by atoms with Crippen molar-refractivity contribution < 1.29 is 38.1 Å². The molecule has 5 fully saturated rings. The van der Waals surface area contributed by atoms with Crippen molar-refractivity contribution in [2.24, 2.45) is 17.8 Å². The van der Waals surface area contributed by atoms with Gasteiger partial charge in [0, 0.05) is 55.1 Å². The number of hydrogen-bond acceptors (Lipinski definition) is 8. The Morgan fingerprint density at radius 3 is 2.32 bits per heavy atom. The van der Waals surface area contributed by atoms with E-state index in [-0.39, 0.29) is 71.3 Å². The molecule has 0 bridgehead atoms. The van der Waals surface area contributed by atoms with Crippen molar-refractivity contribution in [3.05, 3.63) is 47.6 Å². The molecule has 7 aliphatic rings. The molecule has 0 aromatic carbocycles. The smallest absolute Gasteiger partial charge is 0.334 e. The maximum absolute atomic E-state index is 12.6. The molecule has 0 aromatic heterocycles. The van der Waals surface area contributed by atoms with Crippen LogP contribution in [0.25, 0.3) is 0 Å². The number of carbonyl (C=O) groups excluding carboxylic acids is 4. The molecule has 4 saturated heterocycles. The van der Waals surface area contributed by atoms with Crippen LogP contribution in [0.3, 0.4) is 0 Å². The molecule has 0 radical (unpaired) electrons. The number of nitrogens with one attached hydrogen (secondary N) is 4. The molecular formula is C35H46N4O8. The van der Waals surface area contributed by atoms with Crippen molar-refractivity contribution in [3.8, 4) is 0 Å². The normalized spacial score (nSPS) is 40.8. The van der Waals surface area contributed by atoms with Gasteiger partial charge >= 0.3 is 24.0 Å². The van der Waals surface area contributed by atoms with Gasteiger partial charge in [-0.05, 0) is 70.8 Å². The third kappa shape index (κ3) is 5.56. The largest absolute Gasteiger partial charge is 0.455 e. The quantitative estimate of drug-likeness (QED) is 0.103. The Kier molecular flexibility index (Phi) is 8.02. The van der Waals surface area contributed by atoms with E-state index in [0.29, 0.717) is 50.2 Å². The van der Waals surface area contributed by atoms with E-state index in [4.69, 9.17) is 18.9 Å². The number of rotatable bonds is 8. The number of amides is 4. The summed E-state index contributed by atoms with van der Waals surface area (Å²) in [6, 6.07) is -0.550. The zero-order valence-electron chi connectivity index (χ0n) is 27.3. The predicted molar refractivity (Wildman–Crippen MR) is 170 cm³/mol. The van der Waals surface area contributed by atoms with Crippen molar-refractivity contribution in [1.82, 2.24) is 21.3 Å². The maximum Gasteiger partial charge on any atom is 0.334 e. The average Bonchev–Trinajstić information content (AvgIpc) is 3.75. The molecule has 1 saturated carbocycles. The molecule has 3 aliphatic carbocycles. The van der Waals surface area contributed by atoms with E-state index in [1.165, 1.54) is 0 Å². The average molecular weight is 651 g/mol. The van der Waals surface area contributed by atoms with E-state index in [9.17, 15) is 19.2 Å². The van der Waals surface area contributed by atoms with Gasteiger partial charge in [-0.1, -0.05) is 30.9 Å². The first-order chi connectivity index (χ1) is 22.5. The summed E-state index contributed by atoms with van der Waals surface area (Å²) < 4.78 is 23.7. The van der Waals surface area contributed by atoms with Crippen LogP contribution in [0.15, 0.2) is 47.6 Å². The SMILES string of the molecule is C=C1C(=O)O[C@H]2[C@H]1CC/C(CNC(=O)NCCCNC(=O)NCC1=CCC[C@@]3(C)O[C@]34C1C[C@H]1C(=C)C(=O)O[C@@H]14)=C\CC[C@@]1(C)O[C@@H]21. The number of urea groups is 2. The molecule has 4 N–H and O–H groups in total. The lowest BCUT2D eigenvalue weighted by Crippen LogP contribution is -2.42. The van der Waals surface area contributed by atoms with Gasteiger partial charge in [0.2, 0.25) is 0 Å². The van der Waals surface area contributed by atoms with Crippen molar-refractivity contribution in [1.29, 1.82) is 0 Å². The summed E-state index contributed by atoms with van der Waals surface area (Å²) >= 11 is 0. The number of epoxide rings is 2. The highest BCUT2D eigenvalue weighted by Gasteiger charge is 2.81. The Bertz CT molecular complexity index is 1470. The molecule has 1 spiro atoms. The fraction of sp³-hybridized carbons (Fsp3) is 0.657. The number of allylic oxidation sites excluding steroid dienone is 2. The van der Waals surface area contributed by atoms with Crippen LogP contribution in [-0.4, -0.2) is 85.3 Å². The van der Waals surface area contributed by atoms with Crippen LogP contribution in [0.4, 0.5) is 9.59 Å². The van der Waals surface area contributed by atoms with E-state index in [1.807, 2.05) is 0 Å². The Morgan fingerprint density at radius 1 is 0.872 bits per heavy atom. The van der Waals surface area contributed by atoms with Gasteiger partial charge in [0.25, 0.3) is 0 Å². The second-order valence-electron chi connectivity index (χ2n) is 14.6. The second-order valence-corrected chi connectivity index (χ2v) is 14.6. The van der Waals surface area contributed by atoms with Gasteiger partial charge in [0.15, 0.2) is 0 Å². The van der Waals surface area contributed by atoms with Crippen molar-refractivity contribution in [2.75, 3.05) is 26.2 Å². The molecular weight excluding hydrogens is 604 g/mol. The topological polar surface area (TPSA) is 160 Å². The fourth-order valence-corrected chi connectivity index (χ4v) is 8.85. The summed E-state index contributed by atoms with van der Waals surface area (Å²) in [5.74, 6) is -0.736. The second kappa shape index (κ2) is 11.8. The molecule has 254 valence electrons. The van der Waals surface area contributed by atoms with Crippen LogP contribution in [0.1, 0.15) is 65.2 Å². The monoisotopic (exact) mass is 650 g/mol. The molecule has 9 atom stereocenters. The van der Waals surface area contributed by atoms with E-state index in [0.717, 1.165) is 49.7 Å². The lowest BCUT2D eigenvalue weighted by molar-refractivity contribution is -0.142. The Hall–Kier alpha value is -3.64. The number of hydrogen-bond donors (Lipinski definition) is 4. The standard InChI is InChI=1S/C35H46N4O8/c1-19-23-11-10-21(8-5-12-33(3)28(46-33)26(23)44-29(19)40)17-38-31(42)36-14-7-15-37-32(43)39-18-22-9-6-13-34(4)35(47-34)25(22)16-24-20(2)30(41)45-27(24)35/h8-9,23-28H,1-2,5-7,10-18H2,3-4H3,(H2,36,38,42)(H2,37,39,43)/b21-8+/t23-,24-,25?,26-,27-,28-,33+,34+,35-/m0/s1. The number of carbonyl (C=O) groups is 4. The first-order valence-corrected chi connectivity index (χ1v) is 17.0. The third-order valence-electron chi connectivity index (χ3n) is 11.7. The predicted octanol–water partition coefficient (Wildman–Crippen LogP) is 3.10. The van der Waals surface area contributed by atoms with Crippen LogP contribution in [0, 0.1) is 17.8 Å². The van der Waals surface area contributed by atoms with Crippen LogP contribution in [0.5, 0.6) is 0 Å². The molecule has 4 heterocycles. The highest BCUT2D eigenvalue weighted by Crippen LogP contribution is 2.69. The van der Waals surface area contributed by atoms with Gasteiger partial charge in [-0.2, -0.15) is 0 Å². The molecule has 4 amide bonds. The van der Waals surface area contributed by atoms with Crippen molar-refractivity contribution >= 4 is 24.0 Å². The van der Waals surface area contributed by atoms with Crippen LogP contribution < -0.4 is 21.3 Å². The van der Waals surface area contributed by atoms with Gasteiger partial charge < -0.3 is 40.2 Å². The highest BCUT2D eigenvalue weighted by molar-refractivity contribution is 5.92. The van der Waals surface area contributed by atoms with Crippen LogP contribution in [-0.2, 0) is 28.5 Å². The van der Waals surface area contributed by atoms with Gasteiger partial charge in [-0.25, -0.2) is 19.2 Å². The summed E-state index contributed by atoms with van der Waals surface area (Å²) in [5.41, 5.74) is 2.06. The Morgan fingerprint density at radius 2 is 1.55 bits per heavy atom. The van der Waals surface area contributed by atoms with Crippen LogP contribution >= 0.6 is 0 Å². The maximum atomic E-state index is 12.6. The lowest BCUT2D eigenvalue weighted by atomic mass is 9.80. The highest BCUT2D eigenvalue weighted by atomic mass is 16.7. The summed E-state index contributed by atoms with van der Waals surface area (Å²) in [4.78, 5) is 49.5. The Labute approximate surface area is 275 Å². The van der Waals surface area contributed by atoms with E-state index < -0.39 is 5.60 Å². The molecule has 12 nitrogen and oxygen atoms in total. The van der Waals surface area contributed by atoms with E-state index >= 15 is 0 Å². The molecule has 7 rings (SSSR count). The van der Waals surface area contributed by atoms with Gasteiger partial charge in [0.05, 0.1) is 11.2 Å². The van der Waals surface area contributed by atoms with E-state index in [2.05, 4.69) is 60.4 Å². The summed E-state index contributed by atoms with van der Waals surface area (Å²) in [5, 5.41) is 11.6. The van der Waals surface area contributed by atoms with Gasteiger partial charge in [-0.3, -0.25) is 0 Å². The number of esters is 2. The summed E-state index contributed by atoms with van der Waals surface area (Å²) in [7, 11) is 0. The van der Waals surface area contributed by atoms with Crippen molar-refractivity contribution in [3.63, 3.8) is 0 Å². The molecule has 0 aromatic rings.